The molecule has 2 aromatic heterocycles. The van der Waals surface area contributed by atoms with Gasteiger partial charge in [-0.15, -0.1) is 0 Å². The molecule has 0 unspecified atom stereocenters. The van der Waals surface area contributed by atoms with Crippen LogP contribution in [0.1, 0.15) is 57.2 Å². The van der Waals surface area contributed by atoms with E-state index in [-0.39, 0.29) is 18.1 Å². The summed E-state index contributed by atoms with van der Waals surface area (Å²) in [4.78, 5) is 30.4. The number of nitrogens with zero attached hydrogens (tertiary/aromatic N) is 4. The third kappa shape index (κ3) is 3.59. The van der Waals surface area contributed by atoms with Gasteiger partial charge in [-0.2, -0.15) is 4.98 Å². The number of rotatable bonds is 5. The molecular formula is C21H27N5O3. The Morgan fingerprint density at radius 1 is 1.14 bits per heavy atom. The van der Waals surface area contributed by atoms with E-state index in [4.69, 9.17) is 4.52 Å². The summed E-state index contributed by atoms with van der Waals surface area (Å²) in [6, 6.07) is 7.56. The monoisotopic (exact) mass is 397 g/mol. The number of imidazole rings is 1. The highest BCUT2D eigenvalue weighted by Gasteiger charge is 2.38. The van der Waals surface area contributed by atoms with Crippen LogP contribution in [-0.4, -0.2) is 25.2 Å². The van der Waals surface area contributed by atoms with E-state index in [0.717, 1.165) is 49.6 Å². The van der Waals surface area contributed by atoms with E-state index in [0.29, 0.717) is 18.3 Å². The third-order valence-electron chi connectivity index (χ3n) is 5.83. The minimum absolute atomic E-state index is 0.0368. The lowest BCUT2D eigenvalue weighted by Gasteiger charge is -2.30. The second-order valence-electron chi connectivity index (χ2n) is 7.78. The number of hydrogen-bond donors (Lipinski definition) is 1. The summed E-state index contributed by atoms with van der Waals surface area (Å²) in [5.41, 5.74) is 0.790. The minimum Gasteiger partial charge on any atom is -0.342 e. The number of fused-ring (bicyclic) bond motifs is 1. The van der Waals surface area contributed by atoms with Crippen LogP contribution in [0.3, 0.4) is 0 Å². The van der Waals surface area contributed by atoms with Crippen molar-refractivity contribution in [3.63, 3.8) is 0 Å². The molecule has 0 saturated heterocycles. The van der Waals surface area contributed by atoms with Gasteiger partial charge in [-0.3, -0.25) is 13.9 Å². The summed E-state index contributed by atoms with van der Waals surface area (Å²) in [6.45, 7) is 4.20. The maximum Gasteiger partial charge on any atom is 0.329 e. The van der Waals surface area contributed by atoms with Crippen LogP contribution < -0.4 is 11.0 Å². The normalized spacial score (nSPS) is 16.6. The van der Waals surface area contributed by atoms with Gasteiger partial charge in [0.15, 0.2) is 5.82 Å². The summed E-state index contributed by atoms with van der Waals surface area (Å²) < 4.78 is 8.44. The van der Waals surface area contributed by atoms with Crippen molar-refractivity contribution in [3.8, 4) is 0 Å². The third-order valence-corrected chi connectivity index (χ3v) is 5.83. The van der Waals surface area contributed by atoms with Crippen LogP contribution in [-0.2, 0) is 23.4 Å². The Morgan fingerprint density at radius 2 is 1.79 bits per heavy atom. The second kappa shape index (κ2) is 7.85. The molecule has 0 bridgehead atoms. The fraction of sp³-hybridized carbons (Fsp3) is 0.524. The first-order chi connectivity index (χ1) is 14.0. The molecule has 1 saturated carbocycles. The van der Waals surface area contributed by atoms with Crippen molar-refractivity contribution in [2.24, 2.45) is 0 Å². The van der Waals surface area contributed by atoms with E-state index in [1.165, 1.54) is 0 Å². The molecule has 1 amide bonds. The van der Waals surface area contributed by atoms with Gasteiger partial charge in [-0.1, -0.05) is 43.0 Å². The first-order valence-electron chi connectivity index (χ1n) is 10.3. The molecule has 1 aromatic carbocycles. The van der Waals surface area contributed by atoms with Gasteiger partial charge >= 0.3 is 5.69 Å². The molecule has 4 rings (SSSR count). The van der Waals surface area contributed by atoms with Crippen LogP contribution in [0.2, 0.25) is 0 Å². The van der Waals surface area contributed by atoms with Crippen molar-refractivity contribution in [3.05, 3.63) is 46.5 Å². The predicted molar refractivity (Wildman–Crippen MR) is 108 cm³/mol. The lowest BCUT2D eigenvalue weighted by atomic mass is 9.89. The van der Waals surface area contributed by atoms with E-state index < -0.39 is 5.54 Å². The molecule has 0 aliphatic heterocycles. The quantitative estimate of drug-likeness (QED) is 0.668. The van der Waals surface area contributed by atoms with Gasteiger partial charge in [-0.25, -0.2) is 4.79 Å². The lowest BCUT2D eigenvalue weighted by molar-refractivity contribution is -0.124. The average molecular weight is 397 g/mol. The molecule has 1 fully saturated rings. The number of hydrogen-bond acceptors (Lipinski definition) is 5. The van der Waals surface area contributed by atoms with Crippen molar-refractivity contribution in [2.75, 3.05) is 0 Å². The van der Waals surface area contributed by atoms with Crippen molar-refractivity contribution >= 4 is 16.9 Å². The Balaban J connectivity index is 1.65. The largest absolute Gasteiger partial charge is 0.342 e. The molecule has 1 N–H and O–H groups in total. The Hall–Kier alpha value is -2.90. The van der Waals surface area contributed by atoms with Gasteiger partial charge in [0, 0.05) is 13.5 Å². The van der Waals surface area contributed by atoms with Gasteiger partial charge in [0.2, 0.25) is 11.8 Å². The van der Waals surface area contributed by atoms with Crippen LogP contribution in [0, 0.1) is 6.92 Å². The number of benzene rings is 1. The van der Waals surface area contributed by atoms with Gasteiger partial charge < -0.3 is 9.84 Å². The van der Waals surface area contributed by atoms with Crippen LogP contribution in [0.5, 0.6) is 0 Å². The number of nitrogens with one attached hydrogen (secondary N) is 1. The first-order valence-corrected chi connectivity index (χ1v) is 10.3. The van der Waals surface area contributed by atoms with Crippen LogP contribution in [0.15, 0.2) is 33.6 Å². The molecule has 154 valence electrons. The Morgan fingerprint density at radius 3 is 2.38 bits per heavy atom. The van der Waals surface area contributed by atoms with E-state index >= 15 is 0 Å². The smallest absolute Gasteiger partial charge is 0.329 e. The molecule has 1 aliphatic rings. The van der Waals surface area contributed by atoms with Crippen LogP contribution in [0.25, 0.3) is 11.0 Å². The van der Waals surface area contributed by atoms with Crippen molar-refractivity contribution in [1.29, 1.82) is 0 Å². The molecule has 1 aliphatic carbocycles. The summed E-state index contributed by atoms with van der Waals surface area (Å²) in [5.74, 6) is 0.809. The van der Waals surface area contributed by atoms with Crippen molar-refractivity contribution in [1.82, 2.24) is 24.6 Å². The molecule has 0 atom stereocenters. The topological polar surface area (TPSA) is 95.0 Å². The highest BCUT2D eigenvalue weighted by Crippen LogP contribution is 2.34. The number of carbonyl (C=O) groups is 1. The molecule has 0 spiro atoms. The number of carbonyl (C=O) groups excluding carboxylic acids is 1. The molecule has 29 heavy (non-hydrogen) atoms. The fourth-order valence-electron chi connectivity index (χ4n) is 4.41. The van der Waals surface area contributed by atoms with E-state index in [1.54, 1.807) is 16.1 Å². The minimum atomic E-state index is -0.641. The Labute approximate surface area is 168 Å². The average Bonchev–Trinajstić information content (AvgIpc) is 3.16. The van der Waals surface area contributed by atoms with Crippen LogP contribution in [0.4, 0.5) is 0 Å². The van der Waals surface area contributed by atoms with E-state index in [2.05, 4.69) is 15.5 Å². The molecule has 8 heteroatoms. The summed E-state index contributed by atoms with van der Waals surface area (Å²) in [6.07, 6.45) is 5.76. The molecule has 2 heterocycles. The maximum atomic E-state index is 13.1. The molecule has 0 radical (unpaired) electrons. The Bertz CT molecular complexity index is 1070. The lowest BCUT2D eigenvalue weighted by Crippen LogP contribution is -2.48. The van der Waals surface area contributed by atoms with Gasteiger partial charge in [0.25, 0.3) is 0 Å². The molecule has 3 aromatic rings. The zero-order valence-electron chi connectivity index (χ0n) is 17.0. The zero-order chi connectivity index (χ0) is 20.4. The molecular weight excluding hydrogens is 370 g/mol. The zero-order valence-corrected chi connectivity index (χ0v) is 17.0. The number of aromatic nitrogens is 4. The first kappa shape index (κ1) is 19.4. The van der Waals surface area contributed by atoms with E-state index in [9.17, 15) is 9.59 Å². The standard InChI is InChI=1S/C21H27N5O3/c1-3-25-16-10-6-7-11-17(16)26(20(25)28)14-18(27)23-21(12-8-4-5-9-13-21)19-22-15(2)29-24-19/h6-7,10-11H,3-5,8-9,12-14H2,1-2H3,(H,23,27). The summed E-state index contributed by atoms with van der Waals surface area (Å²) >= 11 is 0. The van der Waals surface area contributed by atoms with Crippen molar-refractivity contribution < 1.29 is 9.32 Å². The number of amides is 1. The van der Waals surface area contributed by atoms with Crippen molar-refractivity contribution in [2.45, 2.75) is 71.0 Å². The summed E-state index contributed by atoms with van der Waals surface area (Å²) in [5, 5.41) is 7.30. The van der Waals surface area contributed by atoms with Gasteiger partial charge in [0.05, 0.1) is 11.0 Å². The van der Waals surface area contributed by atoms with Gasteiger partial charge in [0.1, 0.15) is 12.1 Å². The highest BCUT2D eigenvalue weighted by molar-refractivity contribution is 5.81. The van der Waals surface area contributed by atoms with Gasteiger partial charge in [-0.05, 0) is 31.9 Å². The highest BCUT2D eigenvalue weighted by atomic mass is 16.5. The summed E-state index contributed by atoms with van der Waals surface area (Å²) in [7, 11) is 0. The predicted octanol–water partition coefficient (Wildman–Crippen LogP) is 2.88. The van der Waals surface area contributed by atoms with E-state index in [1.807, 2.05) is 31.2 Å². The second-order valence-corrected chi connectivity index (χ2v) is 7.78. The van der Waals surface area contributed by atoms with Crippen LogP contribution >= 0.6 is 0 Å². The molecule has 8 nitrogen and oxygen atoms in total. The maximum absolute atomic E-state index is 13.1. The SMILES string of the molecule is CCn1c(=O)n(CC(=O)NC2(c3noc(C)n3)CCCCCC2)c2ccccc21. The number of para-hydroxylation sites is 2. The number of aryl methyl sites for hydroxylation is 2. The Kier molecular flexibility index (Phi) is 5.25. The fourth-order valence-corrected chi connectivity index (χ4v) is 4.41.